The molecule has 6 nitrogen and oxygen atoms in total. The molecule has 26 heavy (non-hydrogen) atoms. The van der Waals surface area contributed by atoms with Gasteiger partial charge in [-0.2, -0.15) is 13.2 Å². The summed E-state index contributed by atoms with van der Waals surface area (Å²) in [6, 6.07) is 10.3. The van der Waals surface area contributed by atoms with Gasteiger partial charge in [0.1, 0.15) is 5.56 Å². The van der Waals surface area contributed by atoms with E-state index in [2.05, 4.69) is 15.4 Å². The van der Waals surface area contributed by atoms with Crippen LogP contribution in [0, 0.1) is 0 Å². The minimum atomic E-state index is -4.53. The molecule has 1 amide bonds. The van der Waals surface area contributed by atoms with Crippen LogP contribution < -0.4 is 10.1 Å². The number of benzene rings is 1. The van der Waals surface area contributed by atoms with Gasteiger partial charge in [0.15, 0.2) is 0 Å². The minimum Gasteiger partial charge on any atom is -0.418 e. The van der Waals surface area contributed by atoms with Gasteiger partial charge >= 0.3 is 6.18 Å². The van der Waals surface area contributed by atoms with Crippen LogP contribution >= 0.6 is 0 Å². The topological polar surface area (TPSA) is 69.0 Å². The number of rotatable bonds is 4. The van der Waals surface area contributed by atoms with Crippen molar-refractivity contribution >= 4 is 11.6 Å². The second kappa shape index (κ2) is 6.87. The number of aromatic nitrogens is 3. The summed E-state index contributed by atoms with van der Waals surface area (Å²) in [5.41, 5.74) is -0.284. The maximum absolute atomic E-state index is 12.8. The Hall–Kier alpha value is -3.36. The molecule has 3 aromatic rings. The molecule has 1 N–H and O–H groups in total. The van der Waals surface area contributed by atoms with E-state index in [1.807, 2.05) is 0 Å². The molecule has 0 bridgehead atoms. The molecule has 0 aliphatic rings. The quantitative estimate of drug-likeness (QED) is 0.765. The van der Waals surface area contributed by atoms with Crippen LogP contribution in [0.2, 0.25) is 0 Å². The van der Waals surface area contributed by atoms with Gasteiger partial charge in [-0.3, -0.25) is 9.48 Å². The Kier molecular flexibility index (Phi) is 4.61. The number of carbonyl (C=O) groups is 1. The van der Waals surface area contributed by atoms with E-state index in [0.29, 0.717) is 5.69 Å². The van der Waals surface area contributed by atoms with Crippen molar-refractivity contribution in [3.63, 3.8) is 0 Å². The van der Waals surface area contributed by atoms with E-state index >= 15 is 0 Å². The zero-order valence-electron chi connectivity index (χ0n) is 13.5. The molecule has 0 aliphatic heterocycles. The standard InChI is InChI=1S/C17H13F3N4O2/c1-24-10-13(15(25)22-12-5-3-2-4-6-12)16(23-24)26-14-9-11(7-8-21-14)17(18,19)20/h2-10H,1H3,(H,22,25). The largest absolute Gasteiger partial charge is 0.418 e. The lowest BCUT2D eigenvalue weighted by Gasteiger charge is -2.09. The number of nitrogens with one attached hydrogen (secondary N) is 1. The summed E-state index contributed by atoms with van der Waals surface area (Å²) in [6.45, 7) is 0. The van der Waals surface area contributed by atoms with Crippen LogP contribution in [0.1, 0.15) is 15.9 Å². The first-order valence-electron chi connectivity index (χ1n) is 7.44. The summed E-state index contributed by atoms with van der Waals surface area (Å²) in [7, 11) is 1.56. The first kappa shape index (κ1) is 17.5. The molecule has 0 spiro atoms. The number of nitrogens with zero attached hydrogens (tertiary/aromatic N) is 3. The lowest BCUT2D eigenvalue weighted by atomic mass is 10.2. The summed E-state index contributed by atoms with van der Waals surface area (Å²) in [6.07, 6.45) is -2.15. The van der Waals surface area contributed by atoms with Gasteiger partial charge in [0.05, 0.1) is 5.56 Å². The van der Waals surface area contributed by atoms with E-state index in [4.69, 9.17) is 4.74 Å². The summed E-state index contributed by atoms with van der Waals surface area (Å²) in [4.78, 5) is 16.2. The molecular formula is C17H13F3N4O2. The van der Waals surface area contributed by atoms with E-state index < -0.39 is 17.6 Å². The fourth-order valence-electron chi connectivity index (χ4n) is 2.16. The predicted molar refractivity (Wildman–Crippen MR) is 86.9 cm³/mol. The van der Waals surface area contributed by atoms with Crippen molar-refractivity contribution in [2.75, 3.05) is 5.32 Å². The zero-order chi connectivity index (χ0) is 18.7. The average molecular weight is 362 g/mol. The van der Waals surface area contributed by atoms with Crippen molar-refractivity contribution in [3.05, 3.63) is 66.0 Å². The molecule has 134 valence electrons. The number of alkyl halides is 3. The number of amides is 1. The maximum Gasteiger partial charge on any atom is 0.416 e. The van der Waals surface area contributed by atoms with E-state index in [1.165, 1.54) is 10.9 Å². The molecule has 2 heterocycles. The fourth-order valence-corrected chi connectivity index (χ4v) is 2.16. The van der Waals surface area contributed by atoms with Crippen LogP contribution in [0.25, 0.3) is 0 Å². The zero-order valence-corrected chi connectivity index (χ0v) is 13.5. The van der Waals surface area contributed by atoms with Crippen molar-refractivity contribution in [1.29, 1.82) is 0 Å². The van der Waals surface area contributed by atoms with Crippen LogP contribution in [-0.4, -0.2) is 20.7 Å². The molecule has 2 aromatic heterocycles. The Morgan fingerprint density at radius 3 is 2.62 bits per heavy atom. The molecule has 3 rings (SSSR count). The van der Waals surface area contributed by atoms with Gasteiger partial charge in [-0.15, -0.1) is 5.10 Å². The van der Waals surface area contributed by atoms with Crippen LogP contribution in [0.5, 0.6) is 11.8 Å². The molecule has 0 saturated carbocycles. The van der Waals surface area contributed by atoms with Crippen molar-refractivity contribution in [3.8, 4) is 11.8 Å². The summed E-state index contributed by atoms with van der Waals surface area (Å²) in [5.74, 6) is -0.966. The van der Waals surface area contributed by atoms with Gasteiger partial charge in [-0.25, -0.2) is 4.98 Å². The third-order valence-corrected chi connectivity index (χ3v) is 3.33. The van der Waals surface area contributed by atoms with Gasteiger partial charge in [0, 0.05) is 31.2 Å². The lowest BCUT2D eigenvalue weighted by Crippen LogP contribution is -2.12. The molecule has 0 aliphatic carbocycles. The Bertz CT molecular complexity index is 923. The SMILES string of the molecule is Cn1cc(C(=O)Nc2ccccc2)c(Oc2cc(C(F)(F)F)ccn2)n1. The molecule has 0 radical (unpaired) electrons. The number of halogens is 3. The highest BCUT2D eigenvalue weighted by molar-refractivity contribution is 6.05. The normalized spacial score (nSPS) is 11.2. The van der Waals surface area contributed by atoms with Crippen LogP contribution in [-0.2, 0) is 13.2 Å². The molecule has 0 unspecified atom stereocenters. The Morgan fingerprint density at radius 1 is 1.19 bits per heavy atom. The highest BCUT2D eigenvalue weighted by atomic mass is 19.4. The lowest BCUT2D eigenvalue weighted by molar-refractivity contribution is -0.137. The minimum absolute atomic E-state index is 0.0653. The smallest absolute Gasteiger partial charge is 0.416 e. The van der Waals surface area contributed by atoms with Gasteiger partial charge in [0.25, 0.3) is 11.8 Å². The number of para-hydroxylation sites is 1. The summed E-state index contributed by atoms with van der Waals surface area (Å²) >= 11 is 0. The number of pyridine rings is 1. The van der Waals surface area contributed by atoms with Gasteiger partial charge in [-0.05, 0) is 18.2 Å². The molecule has 1 aromatic carbocycles. The van der Waals surface area contributed by atoms with Crippen LogP contribution in [0.3, 0.4) is 0 Å². The summed E-state index contributed by atoms with van der Waals surface area (Å²) in [5, 5.41) is 6.63. The van der Waals surface area contributed by atoms with Crippen LogP contribution in [0.4, 0.5) is 18.9 Å². The number of hydrogen-bond donors (Lipinski definition) is 1. The Labute approximate surface area is 146 Å². The van der Waals surface area contributed by atoms with Gasteiger partial charge in [0.2, 0.25) is 5.88 Å². The first-order chi connectivity index (χ1) is 12.3. The molecular weight excluding hydrogens is 349 g/mol. The van der Waals surface area contributed by atoms with Gasteiger partial charge < -0.3 is 10.1 Å². The third-order valence-electron chi connectivity index (χ3n) is 3.33. The van der Waals surface area contributed by atoms with Crippen molar-refractivity contribution < 1.29 is 22.7 Å². The number of carbonyl (C=O) groups excluding carboxylic acids is 1. The van der Waals surface area contributed by atoms with Crippen molar-refractivity contribution in [2.24, 2.45) is 7.05 Å². The fraction of sp³-hybridized carbons (Fsp3) is 0.118. The molecule has 0 saturated heterocycles. The highest BCUT2D eigenvalue weighted by Gasteiger charge is 2.31. The van der Waals surface area contributed by atoms with E-state index in [0.717, 1.165) is 18.3 Å². The maximum atomic E-state index is 12.8. The number of hydrogen-bond acceptors (Lipinski definition) is 4. The number of anilines is 1. The molecule has 0 fully saturated rings. The molecule has 9 heteroatoms. The van der Waals surface area contributed by atoms with Gasteiger partial charge in [-0.1, -0.05) is 18.2 Å². The van der Waals surface area contributed by atoms with E-state index in [9.17, 15) is 18.0 Å². The van der Waals surface area contributed by atoms with Crippen molar-refractivity contribution in [2.45, 2.75) is 6.18 Å². The monoisotopic (exact) mass is 362 g/mol. The van der Waals surface area contributed by atoms with Crippen molar-refractivity contribution in [1.82, 2.24) is 14.8 Å². The second-order valence-corrected chi connectivity index (χ2v) is 5.32. The third kappa shape index (κ3) is 4.00. The Morgan fingerprint density at radius 2 is 1.92 bits per heavy atom. The molecule has 0 atom stereocenters. The first-order valence-corrected chi connectivity index (χ1v) is 7.44. The van der Waals surface area contributed by atoms with E-state index in [1.54, 1.807) is 37.4 Å². The average Bonchev–Trinajstić information content (AvgIpc) is 2.96. The number of aryl methyl sites for hydroxylation is 1. The second-order valence-electron chi connectivity index (χ2n) is 5.32. The predicted octanol–water partition coefficient (Wildman–Crippen LogP) is 3.88. The van der Waals surface area contributed by atoms with E-state index in [-0.39, 0.29) is 17.3 Å². The highest BCUT2D eigenvalue weighted by Crippen LogP contribution is 2.32. The van der Waals surface area contributed by atoms with Crippen LogP contribution in [0.15, 0.2) is 54.9 Å². The summed E-state index contributed by atoms with van der Waals surface area (Å²) < 4.78 is 45.0. The Balaban J connectivity index is 1.85. The number of ether oxygens (including phenoxy) is 1.